The molecule has 3 heterocycles. The van der Waals surface area contributed by atoms with E-state index in [0.29, 0.717) is 0 Å². The van der Waals surface area contributed by atoms with Crippen molar-refractivity contribution in [3.05, 3.63) is 50.2 Å². The number of fused-ring (bicyclic) bond motifs is 1. The van der Waals surface area contributed by atoms with E-state index in [1.54, 1.807) is 17.5 Å². The molecule has 0 radical (unpaired) electrons. The molecule has 0 bridgehead atoms. The van der Waals surface area contributed by atoms with Crippen LogP contribution in [0.15, 0.2) is 35.3 Å². The van der Waals surface area contributed by atoms with Crippen molar-refractivity contribution in [1.82, 2.24) is 19.7 Å². The normalized spacial score (nSPS) is 11.3. The minimum Gasteiger partial charge on any atom is -0.306 e. The first-order valence-electron chi connectivity index (χ1n) is 5.65. The van der Waals surface area contributed by atoms with Crippen LogP contribution < -0.4 is 5.32 Å². The van der Waals surface area contributed by atoms with Crippen LogP contribution in [0.25, 0.3) is 5.65 Å². The summed E-state index contributed by atoms with van der Waals surface area (Å²) in [6.07, 6.45) is 5.52. The summed E-state index contributed by atoms with van der Waals surface area (Å²) in [5.74, 6) is 0. The van der Waals surface area contributed by atoms with Crippen molar-refractivity contribution < 1.29 is 0 Å². The topological polar surface area (TPSA) is 42.2 Å². The van der Waals surface area contributed by atoms with Crippen LogP contribution in [0.1, 0.15) is 10.6 Å². The first-order chi connectivity index (χ1) is 9.22. The predicted octanol–water partition coefficient (Wildman–Crippen LogP) is 3.50. The van der Waals surface area contributed by atoms with Crippen LogP contribution in [0.4, 0.5) is 0 Å². The molecule has 0 aliphatic heterocycles. The molecular weight excluding hydrogens is 348 g/mol. The highest BCUT2D eigenvalue weighted by Crippen LogP contribution is 2.21. The van der Waals surface area contributed by atoms with Gasteiger partial charge in [0, 0.05) is 24.2 Å². The van der Waals surface area contributed by atoms with Crippen LogP contribution in [0.5, 0.6) is 0 Å². The molecule has 0 saturated carbocycles. The third-order valence-corrected chi connectivity index (χ3v) is 4.32. The summed E-state index contributed by atoms with van der Waals surface area (Å²) >= 11 is 10.9. The Morgan fingerprint density at radius 3 is 2.95 bits per heavy atom. The molecule has 98 valence electrons. The van der Waals surface area contributed by atoms with Gasteiger partial charge in [-0.1, -0.05) is 11.6 Å². The monoisotopic (exact) mass is 356 g/mol. The van der Waals surface area contributed by atoms with Crippen LogP contribution in [0.3, 0.4) is 0 Å². The Morgan fingerprint density at radius 1 is 1.26 bits per heavy atom. The summed E-state index contributed by atoms with van der Waals surface area (Å²) in [5, 5.41) is 3.38. The van der Waals surface area contributed by atoms with Crippen LogP contribution in [0, 0.1) is 0 Å². The lowest BCUT2D eigenvalue weighted by molar-refractivity contribution is 0.681. The summed E-state index contributed by atoms with van der Waals surface area (Å²) in [4.78, 5) is 9.69. The van der Waals surface area contributed by atoms with Gasteiger partial charge in [0.05, 0.1) is 22.4 Å². The van der Waals surface area contributed by atoms with E-state index < -0.39 is 0 Å². The van der Waals surface area contributed by atoms with Crippen molar-refractivity contribution in [2.24, 2.45) is 0 Å². The van der Waals surface area contributed by atoms with Crippen molar-refractivity contribution in [3.8, 4) is 0 Å². The minimum atomic E-state index is 0.743. The molecule has 0 aromatic carbocycles. The highest BCUT2D eigenvalue weighted by Gasteiger charge is 2.04. The lowest BCUT2D eigenvalue weighted by atomic mass is 10.4. The standard InChI is InChI=1S/C12H10BrClN4S/c13-10-7-18-8(4-17-12(18)6-16-10)3-15-5-9-1-2-11(14)19-9/h1-2,4,6-7,15H,3,5H2. The fraction of sp³-hybridized carbons (Fsp3) is 0.167. The van der Waals surface area contributed by atoms with Gasteiger partial charge in [-0.25, -0.2) is 9.97 Å². The molecule has 0 aliphatic rings. The number of halogens is 2. The molecule has 19 heavy (non-hydrogen) atoms. The molecule has 7 heteroatoms. The number of rotatable bonds is 4. The van der Waals surface area contributed by atoms with Crippen molar-refractivity contribution in [2.75, 3.05) is 0 Å². The maximum atomic E-state index is 5.90. The van der Waals surface area contributed by atoms with Gasteiger partial charge in [0.1, 0.15) is 4.60 Å². The van der Waals surface area contributed by atoms with Gasteiger partial charge in [-0.2, -0.15) is 0 Å². The van der Waals surface area contributed by atoms with Gasteiger partial charge in [-0.05, 0) is 28.1 Å². The summed E-state index contributed by atoms with van der Waals surface area (Å²) < 4.78 is 3.64. The smallest absolute Gasteiger partial charge is 0.155 e. The number of hydrogen-bond acceptors (Lipinski definition) is 4. The zero-order valence-electron chi connectivity index (χ0n) is 9.81. The average Bonchev–Trinajstić information content (AvgIpc) is 2.97. The van der Waals surface area contributed by atoms with E-state index in [9.17, 15) is 0 Å². The Bertz CT molecular complexity index is 709. The third-order valence-electron chi connectivity index (χ3n) is 2.68. The van der Waals surface area contributed by atoms with Gasteiger partial charge in [0.15, 0.2) is 5.65 Å². The minimum absolute atomic E-state index is 0.743. The van der Waals surface area contributed by atoms with Crippen LogP contribution in [-0.4, -0.2) is 14.4 Å². The van der Waals surface area contributed by atoms with Crippen LogP contribution in [-0.2, 0) is 13.1 Å². The van der Waals surface area contributed by atoms with Crippen LogP contribution >= 0.6 is 38.9 Å². The number of nitrogens with one attached hydrogen (secondary N) is 1. The molecule has 3 rings (SSSR count). The molecular formula is C12H10BrClN4S. The van der Waals surface area contributed by atoms with E-state index in [0.717, 1.165) is 33.4 Å². The maximum Gasteiger partial charge on any atom is 0.155 e. The third kappa shape index (κ3) is 2.97. The molecule has 0 unspecified atom stereocenters. The molecule has 3 aromatic rings. The predicted molar refractivity (Wildman–Crippen MR) is 80.6 cm³/mol. The van der Waals surface area contributed by atoms with E-state index in [-0.39, 0.29) is 0 Å². The highest BCUT2D eigenvalue weighted by atomic mass is 79.9. The zero-order valence-corrected chi connectivity index (χ0v) is 13.0. The fourth-order valence-electron chi connectivity index (χ4n) is 1.81. The second-order valence-corrected chi connectivity index (χ2v) is 6.61. The molecule has 4 nitrogen and oxygen atoms in total. The second-order valence-electron chi connectivity index (χ2n) is 4.00. The first kappa shape index (κ1) is 13.1. The Kier molecular flexibility index (Phi) is 3.83. The number of imidazole rings is 1. The average molecular weight is 358 g/mol. The van der Waals surface area contributed by atoms with E-state index in [2.05, 4.69) is 31.2 Å². The van der Waals surface area contributed by atoms with Crippen molar-refractivity contribution in [3.63, 3.8) is 0 Å². The molecule has 0 spiro atoms. The lowest BCUT2D eigenvalue weighted by Crippen LogP contribution is -2.13. The van der Waals surface area contributed by atoms with Gasteiger partial charge in [-0.3, -0.25) is 4.40 Å². The summed E-state index contributed by atoms with van der Waals surface area (Å²) in [6.45, 7) is 1.55. The largest absolute Gasteiger partial charge is 0.306 e. The number of thiophene rings is 1. The molecule has 0 amide bonds. The Balaban J connectivity index is 1.70. The summed E-state index contributed by atoms with van der Waals surface area (Å²) in [5.41, 5.74) is 1.94. The fourth-order valence-corrected chi connectivity index (χ4v) is 3.17. The molecule has 0 aliphatic carbocycles. The lowest BCUT2D eigenvalue weighted by Gasteiger charge is -2.03. The summed E-state index contributed by atoms with van der Waals surface area (Å²) in [7, 11) is 0. The van der Waals surface area contributed by atoms with E-state index in [4.69, 9.17) is 11.6 Å². The first-order valence-corrected chi connectivity index (χ1v) is 7.63. The molecule has 0 atom stereocenters. The Labute approximate surface area is 127 Å². The van der Waals surface area contributed by atoms with Crippen LogP contribution in [0.2, 0.25) is 4.34 Å². The molecule has 0 saturated heterocycles. The number of aromatic nitrogens is 3. The SMILES string of the molecule is Clc1ccc(CNCc2cnc3cnc(Br)cn23)s1. The molecule has 3 aromatic heterocycles. The summed E-state index contributed by atoms with van der Waals surface area (Å²) in [6, 6.07) is 3.95. The van der Waals surface area contributed by atoms with Gasteiger partial charge in [0.25, 0.3) is 0 Å². The number of nitrogens with zero attached hydrogens (tertiary/aromatic N) is 3. The van der Waals surface area contributed by atoms with Crippen molar-refractivity contribution in [2.45, 2.75) is 13.1 Å². The zero-order chi connectivity index (χ0) is 13.2. The highest BCUT2D eigenvalue weighted by molar-refractivity contribution is 9.10. The number of hydrogen-bond donors (Lipinski definition) is 1. The van der Waals surface area contributed by atoms with E-state index in [1.165, 1.54) is 4.88 Å². The quantitative estimate of drug-likeness (QED) is 0.777. The maximum absolute atomic E-state index is 5.90. The Hall–Kier alpha value is -0.950. The molecule has 0 fully saturated rings. The molecule has 1 N–H and O–H groups in total. The Morgan fingerprint density at radius 2 is 2.16 bits per heavy atom. The van der Waals surface area contributed by atoms with Gasteiger partial charge in [-0.15, -0.1) is 11.3 Å². The second kappa shape index (κ2) is 5.58. The van der Waals surface area contributed by atoms with Gasteiger partial charge >= 0.3 is 0 Å². The van der Waals surface area contributed by atoms with E-state index >= 15 is 0 Å². The van der Waals surface area contributed by atoms with Crippen molar-refractivity contribution in [1.29, 1.82) is 0 Å². The van der Waals surface area contributed by atoms with E-state index in [1.807, 2.05) is 28.9 Å². The van der Waals surface area contributed by atoms with Gasteiger partial charge < -0.3 is 5.32 Å². The van der Waals surface area contributed by atoms with Crippen molar-refractivity contribution >= 4 is 44.5 Å². The van der Waals surface area contributed by atoms with Gasteiger partial charge in [0.2, 0.25) is 0 Å².